The van der Waals surface area contributed by atoms with Crippen molar-refractivity contribution in [2.75, 3.05) is 0 Å². The molecule has 2 rings (SSSR count). The van der Waals surface area contributed by atoms with Gasteiger partial charge in [0.25, 0.3) is 0 Å². The van der Waals surface area contributed by atoms with Gasteiger partial charge in [-0.3, -0.25) is 0 Å². The monoisotopic (exact) mass is 158 g/mol. The predicted molar refractivity (Wildman–Crippen MR) is 46.2 cm³/mol. The van der Waals surface area contributed by atoms with E-state index >= 15 is 0 Å². The lowest BCUT2D eigenvalue weighted by molar-refractivity contribution is -0.229. The molecule has 1 heterocycles. The molecule has 0 atom stereocenters. The first kappa shape index (κ1) is 7.10. The molecular weight excluding hydrogens is 150 g/mol. The number of rotatable bonds is 0. The first-order chi connectivity index (χ1) is 5.81. The third-order valence-electron chi connectivity index (χ3n) is 1.95. The normalized spacial score (nSPS) is 14.6. The molecule has 0 aliphatic heterocycles. The van der Waals surface area contributed by atoms with E-state index in [0.29, 0.717) is 5.35 Å². The zero-order valence-corrected chi connectivity index (χ0v) is 6.74. The molecule has 0 unspecified atom stereocenters. The molecule has 1 aliphatic carbocycles. The molecule has 0 fully saturated rings. The fourth-order valence-electron chi connectivity index (χ4n) is 1.37. The smallest absolute Gasteiger partial charge is 0.0711 e. The van der Waals surface area contributed by atoms with Gasteiger partial charge in [-0.1, -0.05) is 12.2 Å². The van der Waals surface area contributed by atoms with Gasteiger partial charge in [0, 0.05) is 10.6 Å². The standard InChI is InChI=1S/C10H9NO/c1-7-5-8(6-12)11-10-4-2-3-9(7)10/h2-6,12H,1H3/p-1/b8-6+. The van der Waals surface area contributed by atoms with Gasteiger partial charge in [0.05, 0.1) is 5.69 Å². The molecule has 2 nitrogen and oxygen atoms in total. The summed E-state index contributed by atoms with van der Waals surface area (Å²) in [6, 6.07) is 1.80. The SMILES string of the molecule is Cc1c/c(=C\[O-])nc2c1=CC=C2. The molecule has 1 aromatic heterocycles. The van der Waals surface area contributed by atoms with Gasteiger partial charge >= 0.3 is 0 Å². The van der Waals surface area contributed by atoms with E-state index in [1.165, 1.54) is 0 Å². The lowest BCUT2D eigenvalue weighted by Gasteiger charge is -1.98. The molecule has 0 saturated heterocycles. The van der Waals surface area contributed by atoms with Crippen LogP contribution in [0, 0.1) is 6.92 Å². The average molecular weight is 158 g/mol. The lowest BCUT2D eigenvalue weighted by atomic mass is 10.2. The molecular formula is C10H8NO-. The fraction of sp³-hybridized carbons (Fsp3) is 0.100. The molecule has 2 heteroatoms. The van der Waals surface area contributed by atoms with Crippen molar-refractivity contribution in [2.24, 2.45) is 0 Å². The first-order valence-electron chi connectivity index (χ1n) is 3.79. The van der Waals surface area contributed by atoms with Crippen LogP contribution in [-0.4, -0.2) is 4.98 Å². The summed E-state index contributed by atoms with van der Waals surface area (Å²) in [5.41, 5.74) is 2.00. The van der Waals surface area contributed by atoms with Crippen LogP contribution in [0.1, 0.15) is 11.3 Å². The number of aryl methyl sites for hydroxylation is 1. The van der Waals surface area contributed by atoms with Crippen LogP contribution in [0.15, 0.2) is 12.1 Å². The third-order valence-corrected chi connectivity index (χ3v) is 1.95. The largest absolute Gasteiger partial charge is 0.876 e. The Morgan fingerprint density at radius 1 is 1.50 bits per heavy atom. The van der Waals surface area contributed by atoms with Crippen molar-refractivity contribution in [3.05, 3.63) is 34.0 Å². The summed E-state index contributed by atoms with van der Waals surface area (Å²) >= 11 is 0. The lowest BCUT2D eigenvalue weighted by Crippen LogP contribution is -2.21. The highest BCUT2D eigenvalue weighted by molar-refractivity contribution is 5.65. The van der Waals surface area contributed by atoms with Gasteiger partial charge in [0.1, 0.15) is 0 Å². The minimum absolute atomic E-state index is 0.506. The van der Waals surface area contributed by atoms with E-state index in [4.69, 9.17) is 0 Å². The van der Waals surface area contributed by atoms with Crippen molar-refractivity contribution in [3.63, 3.8) is 0 Å². The molecule has 0 aromatic carbocycles. The van der Waals surface area contributed by atoms with Crippen molar-refractivity contribution in [1.29, 1.82) is 0 Å². The Morgan fingerprint density at radius 2 is 2.33 bits per heavy atom. The Kier molecular flexibility index (Phi) is 1.47. The number of hydrogen-bond acceptors (Lipinski definition) is 2. The topological polar surface area (TPSA) is 36.0 Å². The molecule has 0 N–H and O–H groups in total. The Balaban J connectivity index is 2.86. The van der Waals surface area contributed by atoms with Gasteiger partial charge in [0.15, 0.2) is 0 Å². The van der Waals surface area contributed by atoms with E-state index in [0.717, 1.165) is 22.7 Å². The van der Waals surface area contributed by atoms with E-state index in [-0.39, 0.29) is 0 Å². The van der Waals surface area contributed by atoms with Gasteiger partial charge in [0.2, 0.25) is 0 Å². The Labute approximate surface area is 70.2 Å². The molecule has 1 aliphatic rings. The molecule has 60 valence electrons. The average Bonchev–Trinajstić information content (AvgIpc) is 2.52. The van der Waals surface area contributed by atoms with Crippen LogP contribution >= 0.6 is 0 Å². The summed E-state index contributed by atoms with van der Waals surface area (Å²) in [6.45, 7) is 1.98. The van der Waals surface area contributed by atoms with Gasteiger partial charge in [-0.25, -0.2) is 4.98 Å². The van der Waals surface area contributed by atoms with Gasteiger partial charge in [-0.05, 0) is 24.6 Å². The summed E-state index contributed by atoms with van der Waals surface area (Å²) in [7, 11) is 0. The van der Waals surface area contributed by atoms with Gasteiger partial charge in [-0.15, -0.1) is 6.26 Å². The Bertz CT molecular complexity index is 457. The van der Waals surface area contributed by atoms with Crippen LogP contribution in [0.3, 0.4) is 0 Å². The van der Waals surface area contributed by atoms with Crippen LogP contribution in [0.25, 0.3) is 18.4 Å². The number of aromatic nitrogens is 1. The molecule has 12 heavy (non-hydrogen) atoms. The van der Waals surface area contributed by atoms with Crippen molar-refractivity contribution in [1.82, 2.24) is 4.98 Å². The highest BCUT2D eigenvalue weighted by Gasteiger charge is 1.99. The molecule has 0 radical (unpaired) electrons. The minimum Gasteiger partial charge on any atom is -0.876 e. The fourth-order valence-corrected chi connectivity index (χ4v) is 1.37. The van der Waals surface area contributed by atoms with Crippen molar-refractivity contribution < 1.29 is 5.11 Å². The molecule has 0 spiro atoms. The number of hydrogen-bond donors (Lipinski definition) is 0. The van der Waals surface area contributed by atoms with Gasteiger partial charge < -0.3 is 5.11 Å². The minimum atomic E-state index is 0.506. The molecule has 1 aromatic rings. The number of allylic oxidation sites excluding steroid dienone is 1. The van der Waals surface area contributed by atoms with E-state index in [1.807, 2.05) is 25.2 Å². The number of fused-ring (bicyclic) bond motifs is 1. The third kappa shape index (κ3) is 0.925. The Hall–Kier alpha value is -1.57. The highest BCUT2D eigenvalue weighted by atomic mass is 16.2. The zero-order chi connectivity index (χ0) is 8.55. The summed E-state index contributed by atoms with van der Waals surface area (Å²) in [4.78, 5) is 4.15. The second-order valence-corrected chi connectivity index (χ2v) is 2.81. The molecule has 0 amide bonds. The summed E-state index contributed by atoms with van der Waals surface area (Å²) in [6.07, 6.45) is 6.64. The van der Waals surface area contributed by atoms with Crippen LogP contribution in [0.2, 0.25) is 0 Å². The van der Waals surface area contributed by atoms with E-state index in [2.05, 4.69) is 4.98 Å². The van der Waals surface area contributed by atoms with E-state index in [1.54, 1.807) is 6.07 Å². The van der Waals surface area contributed by atoms with Gasteiger partial charge in [-0.2, -0.15) is 0 Å². The molecule has 0 bridgehead atoms. The van der Waals surface area contributed by atoms with Crippen LogP contribution in [0.4, 0.5) is 0 Å². The number of pyridine rings is 1. The van der Waals surface area contributed by atoms with Crippen LogP contribution in [-0.2, 0) is 0 Å². The highest BCUT2D eigenvalue weighted by Crippen LogP contribution is 1.98. The van der Waals surface area contributed by atoms with Crippen molar-refractivity contribution in [2.45, 2.75) is 6.92 Å². The number of nitrogens with zero attached hydrogens (tertiary/aromatic N) is 1. The van der Waals surface area contributed by atoms with Crippen molar-refractivity contribution >= 4 is 18.4 Å². The Morgan fingerprint density at radius 3 is 3.08 bits per heavy atom. The predicted octanol–water partition coefficient (Wildman–Crippen LogP) is -0.704. The maximum atomic E-state index is 10.5. The maximum absolute atomic E-state index is 10.5. The van der Waals surface area contributed by atoms with Crippen LogP contribution < -0.4 is 15.7 Å². The van der Waals surface area contributed by atoms with Crippen molar-refractivity contribution in [3.8, 4) is 0 Å². The van der Waals surface area contributed by atoms with E-state index < -0.39 is 0 Å². The second kappa shape index (κ2) is 2.48. The first-order valence-corrected chi connectivity index (χ1v) is 3.79. The zero-order valence-electron chi connectivity index (χ0n) is 6.74. The summed E-state index contributed by atoms with van der Waals surface area (Å²) in [5.74, 6) is 0. The quantitative estimate of drug-likeness (QED) is 0.500. The summed E-state index contributed by atoms with van der Waals surface area (Å²) < 4.78 is 0. The van der Waals surface area contributed by atoms with E-state index in [9.17, 15) is 5.11 Å². The summed E-state index contributed by atoms with van der Waals surface area (Å²) in [5, 5.41) is 12.1. The second-order valence-electron chi connectivity index (χ2n) is 2.81. The molecule has 0 saturated carbocycles. The maximum Gasteiger partial charge on any atom is 0.0711 e. The van der Waals surface area contributed by atoms with Crippen LogP contribution in [0.5, 0.6) is 0 Å².